The molecule has 0 radical (unpaired) electrons. The molecule has 25 heavy (non-hydrogen) atoms. The van der Waals surface area contributed by atoms with Crippen LogP contribution in [0.2, 0.25) is 0 Å². The SMILES string of the molecule is O=Cc1ccc2occc2c1.c1cc2cc(C3OCCO3)ccc2o1. The van der Waals surface area contributed by atoms with Crippen molar-refractivity contribution in [2.24, 2.45) is 0 Å². The van der Waals surface area contributed by atoms with E-state index < -0.39 is 0 Å². The number of fused-ring (bicyclic) bond motifs is 2. The summed E-state index contributed by atoms with van der Waals surface area (Å²) in [6.45, 7) is 1.35. The zero-order chi connectivity index (χ0) is 17.1. The standard InChI is InChI=1S/C11H10O3.C9H6O2/c1-2-10-8(3-4-12-10)7-9(1)11-13-5-6-14-11;10-6-7-1-2-9-8(5-7)3-4-11-9/h1-4,7,11H,5-6H2;1-6H. The molecule has 4 aromatic rings. The molecule has 3 heterocycles. The van der Waals surface area contributed by atoms with Gasteiger partial charge in [-0.05, 0) is 42.5 Å². The van der Waals surface area contributed by atoms with Crippen molar-refractivity contribution in [1.82, 2.24) is 0 Å². The van der Waals surface area contributed by atoms with Crippen LogP contribution >= 0.6 is 0 Å². The molecule has 0 saturated carbocycles. The minimum atomic E-state index is -0.200. The number of carbonyl (C=O) groups excluding carboxylic acids is 1. The molecule has 5 heteroatoms. The summed E-state index contributed by atoms with van der Waals surface area (Å²) in [5, 5.41) is 2.05. The zero-order valence-corrected chi connectivity index (χ0v) is 13.4. The molecule has 0 spiro atoms. The molecule has 0 amide bonds. The first-order valence-corrected chi connectivity index (χ1v) is 7.96. The van der Waals surface area contributed by atoms with Gasteiger partial charge in [-0.2, -0.15) is 0 Å². The quantitative estimate of drug-likeness (QED) is 0.496. The third-order valence-corrected chi connectivity index (χ3v) is 3.98. The number of benzene rings is 2. The number of furan rings is 2. The van der Waals surface area contributed by atoms with Gasteiger partial charge in [0.05, 0.1) is 25.7 Å². The highest BCUT2D eigenvalue weighted by molar-refractivity contribution is 5.85. The highest BCUT2D eigenvalue weighted by Gasteiger charge is 2.18. The minimum absolute atomic E-state index is 0.200. The second-order valence-electron chi connectivity index (χ2n) is 5.63. The van der Waals surface area contributed by atoms with Gasteiger partial charge in [0.1, 0.15) is 17.5 Å². The Balaban J connectivity index is 0.000000129. The van der Waals surface area contributed by atoms with Crippen molar-refractivity contribution in [3.05, 3.63) is 72.2 Å². The monoisotopic (exact) mass is 336 g/mol. The maximum absolute atomic E-state index is 10.3. The molecule has 2 aromatic carbocycles. The molecule has 1 fully saturated rings. The van der Waals surface area contributed by atoms with Crippen LogP contribution in [0.5, 0.6) is 0 Å². The van der Waals surface area contributed by atoms with Gasteiger partial charge in [-0.25, -0.2) is 0 Å². The molecule has 2 aromatic heterocycles. The van der Waals surface area contributed by atoms with E-state index in [-0.39, 0.29) is 6.29 Å². The fraction of sp³-hybridized carbons (Fsp3) is 0.150. The van der Waals surface area contributed by atoms with E-state index in [1.54, 1.807) is 30.7 Å². The maximum Gasteiger partial charge on any atom is 0.184 e. The van der Waals surface area contributed by atoms with Crippen molar-refractivity contribution in [2.45, 2.75) is 6.29 Å². The van der Waals surface area contributed by atoms with Gasteiger partial charge in [0.15, 0.2) is 6.29 Å². The normalized spacial score (nSPS) is 14.6. The van der Waals surface area contributed by atoms with Crippen molar-refractivity contribution < 1.29 is 23.1 Å². The maximum atomic E-state index is 10.3. The number of hydrogen-bond donors (Lipinski definition) is 0. The Morgan fingerprint density at radius 3 is 2.12 bits per heavy atom. The van der Waals surface area contributed by atoms with Gasteiger partial charge in [-0.3, -0.25) is 4.79 Å². The Labute approximate surface area is 143 Å². The van der Waals surface area contributed by atoms with E-state index in [2.05, 4.69) is 0 Å². The van der Waals surface area contributed by atoms with Crippen LogP contribution in [0.3, 0.4) is 0 Å². The molecular formula is C20H16O5. The third kappa shape index (κ3) is 3.33. The van der Waals surface area contributed by atoms with Crippen LogP contribution in [0.4, 0.5) is 0 Å². The summed E-state index contributed by atoms with van der Waals surface area (Å²) in [6.07, 6.45) is 3.92. The van der Waals surface area contributed by atoms with Crippen LogP contribution in [-0.4, -0.2) is 19.5 Å². The number of rotatable bonds is 2. The molecule has 5 rings (SSSR count). The molecule has 1 aliphatic rings. The van der Waals surface area contributed by atoms with Crippen LogP contribution in [-0.2, 0) is 9.47 Å². The second kappa shape index (κ2) is 6.93. The predicted octanol–water partition coefficient (Wildman–Crippen LogP) is 4.72. The summed E-state index contributed by atoms with van der Waals surface area (Å²) in [4.78, 5) is 10.3. The smallest absolute Gasteiger partial charge is 0.184 e. The van der Waals surface area contributed by atoms with Gasteiger partial charge in [-0.15, -0.1) is 0 Å². The van der Waals surface area contributed by atoms with Gasteiger partial charge >= 0.3 is 0 Å². The lowest BCUT2D eigenvalue weighted by molar-refractivity contribution is -0.0440. The Hall–Kier alpha value is -2.89. The third-order valence-electron chi connectivity index (χ3n) is 3.98. The topological polar surface area (TPSA) is 61.8 Å². The minimum Gasteiger partial charge on any atom is -0.464 e. The summed E-state index contributed by atoms with van der Waals surface area (Å²) < 4.78 is 21.2. The second-order valence-corrected chi connectivity index (χ2v) is 5.63. The average molecular weight is 336 g/mol. The van der Waals surface area contributed by atoms with Gasteiger partial charge in [0.25, 0.3) is 0 Å². The van der Waals surface area contributed by atoms with Gasteiger partial charge in [0, 0.05) is 21.9 Å². The van der Waals surface area contributed by atoms with Crippen molar-refractivity contribution in [2.75, 3.05) is 13.2 Å². The van der Waals surface area contributed by atoms with Crippen LogP contribution in [0.1, 0.15) is 22.2 Å². The van der Waals surface area contributed by atoms with Crippen molar-refractivity contribution in [3.63, 3.8) is 0 Å². The Morgan fingerprint density at radius 2 is 1.44 bits per heavy atom. The lowest BCUT2D eigenvalue weighted by Crippen LogP contribution is -1.96. The largest absolute Gasteiger partial charge is 0.464 e. The van der Waals surface area contributed by atoms with E-state index in [9.17, 15) is 4.79 Å². The molecule has 0 atom stereocenters. The lowest BCUT2D eigenvalue weighted by Gasteiger charge is -2.08. The molecule has 1 saturated heterocycles. The van der Waals surface area contributed by atoms with Gasteiger partial charge in [0.2, 0.25) is 0 Å². The molecule has 0 N–H and O–H groups in total. The molecule has 0 unspecified atom stereocenters. The first-order chi connectivity index (χ1) is 12.3. The van der Waals surface area contributed by atoms with Crippen molar-refractivity contribution >= 4 is 28.2 Å². The van der Waals surface area contributed by atoms with E-state index in [0.717, 1.165) is 33.8 Å². The molecule has 0 aliphatic carbocycles. The van der Waals surface area contributed by atoms with E-state index in [4.69, 9.17) is 18.3 Å². The van der Waals surface area contributed by atoms with Crippen LogP contribution < -0.4 is 0 Å². The summed E-state index contributed by atoms with van der Waals surface area (Å²) in [6, 6.07) is 15.0. The first kappa shape index (κ1) is 15.6. The van der Waals surface area contributed by atoms with Crippen LogP contribution in [0.25, 0.3) is 21.9 Å². The molecular weight excluding hydrogens is 320 g/mol. The van der Waals surface area contributed by atoms with Crippen LogP contribution in [0.15, 0.2) is 69.9 Å². The fourth-order valence-electron chi connectivity index (χ4n) is 2.74. The number of hydrogen-bond acceptors (Lipinski definition) is 5. The molecule has 5 nitrogen and oxygen atoms in total. The highest BCUT2D eigenvalue weighted by Crippen LogP contribution is 2.26. The molecule has 126 valence electrons. The number of ether oxygens (including phenoxy) is 2. The van der Waals surface area contributed by atoms with E-state index in [0.29, 0.717) is 18.8 Å². The summed E-state index contributed by atoms with van der Waals surface area (Å²) in [5.41, 5.74) is 3.44. The highest BCUT2D eigenvalue weighted by atomic mass is 16.7. The van der Waals surface area contributed by atoms with Gasteiger partial charge in [-0.1, -0.05) is 6.07 Å². The summed E-state index contributed by atoms with van der Waals surface area (Å²) in [5.74, 6) is 0. The number of carbonyl (C=O) groups is 1. The predicted molar refractivity (Wildman–Crippen MR) is 92.5 cm³/mol. The van der Waals surface area contributed by atoms with E-state index in [1.165, 1.54) is 0 Å². The Bertz CT molecular complexity index is 991. The zero-order valence-electron chi connectivity index (χ0n) is 13.4. The van der Waals surface area contributed by atoms with E-state index in [1.807, 2.05) is 30.3 Å². The first-order valence-electron chi connectivity index (χ1n) is 7.96. The van der Waals surface area contributed by atoms with Gasteiger partial charge < -0.3 is 18.3 Å². The van der Waals surface area contributed by atoms with Crippen molar-refractivity contribution in [3.8, 4) is 0 Å². The Morgan fingerprint density at radius 1 is 0.800 bits per heavy atom. The molecule has 0 bridgehead atoms. The van der Waals surface area contributed by atoms with E-state index >= 15 is 0 Å². The Kier molecular flexibility index (Phi) is 4.33. The summed E-state index contributed by atoms with van der Waals surface area (Å²) >= 11 is 0. The summed E-state index contributed by atoms with van der Waals surface area (Å²) in [7, 11) is 0. The number of aldehydes is 1. The average Bonchev–Trinajstić information content (AvgIpc) is 3.41. The lowest BCUT2D eigenvalue weighted by atomic mass is 10.1. The molecule has 1 aliphatic heterocycles. The fourth-order valence-corrected chi connectivity index (χ4v) is 2.74. The van der Waals surface area contributed by atoms with Crippen molar-refractivity contribution in [1.29, 1.82) is 0 Å². The van der Waals surface area contributed by atoms with Crippen LogP contribution in [0, 0.1) is 0 Å².